The molecule has 3 heteroatoms. The quantitative estimate of drug-likeness (QED) is 0.739. The molecule has 0 fully saturated rings. The maximum Gasteiger partial charge on any atom is 0.119 e. The van der Waals surface area contributed by atoms with Crippen molar-refractivity contribution in [2.24, 2.45) is 5.73 Å². The first kappa shape index (κ1) is 10.7. The smallest absolute Gasteiger partial charge is 0.119 e. The van der Waals surface area contributed by atoms with Crippen LogP contribution in [0.1, 0.15) is 24.1 Å². The van der Waals surface area contributed by atoms with E-state index < -0.39 is 0 Å². The molecular weight excluding hydrogens is 212 g/mol. The number of hydrogen-bond donors (Lipinski definition) is 2. The van der Waals surface area contributed by atoms with Crippen molar-refractivity contribution in [1.29, 1.82) is 0 Å². The number of nitrogens with two attached hydrogens (primary N) is 1. The molecule has 3 nitrogen and oxygen atoms in total. The summed E-state index contributed by atoms with van der Waals surface area (Å²) in [7, 11) is 1.71. The molecule has 1 unspecified atom stereocenters. The summed E-state index contributed by atoms with van der Waals surface area (Å²) in [6.07, 6.45) is 4.38. The van der Waals surface area contributed by atoms with Gasteiger partial charge in [0.25, 0.3) is 0 Å². The summed E-state index contributed by atoms with van der Waals surface area (Å²) >= 11 is 0. The maximum atomic E-state index is 6.08. The Kier molecular flexibility index (Phi) is 2.56. The Labute approximate surface area is 101 Å². The normalized spacial score (nSPS) is 20.0. The molecule has 1 aromatic heterocycles. The van der Waals surface area contributed by atoms with Gasteiger partial charge in [-0.2, -0.15) is 0 Å². The predicted molar refractivity (Wildman–Crippen MR) is 69.5 cm³/mol. The summed E-state index contributed by atoms with van der Waals surface area (Å²) in [6.45, 7) is 0. The number of benzene rings is 1. The average molecular weight is 230 g/mol. The molecule has 0 spiro atoms. The van der Waals surface area contributed by atoms with Crippen LogP contribution in [0.5, 0.6) is 5.75 Å². The highest BCUT2D eigenvalue weighted by Gasteiger charge is 2.18. The zero-order valence-electron chi connectivity index (χ0n) is 10.1. The summed E-state index contributed by atoms with van der Waals surface area (Å²) in [4.78, 5) is 3.50. The Morgan fingerprint density at radius 3 is 3.12 bits per heavy atom. The molecule has 1 heterocycles. The topological polar surface area (TPSA) is 51.0 Å². The zero-order chi connectivity index (χ0) is 11.8. The molecule has 2 aromatic rings. The minimum Gasteiger partial charge on any atom is -0.497 e. The van der Waals surface area contributed by atoms with Crippen LogP contribution in [0.2, 0.25) is 0 Å². The molecule has 3 rings (SSSR count). The van der Waals surface area contributed by atoms with E-state index in [0.717, 1.165) is 25.0 Å². The molecule has 90 valence electrons. The lowest BCUT2D eigenvalue weighted by atomic mass is 10.1. The van der Waals surface area contributed by atoms with Gasteiger partial charge in [0.15, 0.2) is 0 Å². The first-order chi connectivity index (χ1) is 8.28. The van der Waals surface area contributed by atoms with E-state index in [1.54, 1.807) is 7.11 Å². The molecule has 0 amide bonds. The fourth-order valence-corrected chi connectivity index (χ4v) is 2.77. The summed E-state index contributed by atoms with van der Waals surface area (Å²) < 4.78 is 5.30. The van der Waals surface area contributed by atoms with Gasteiger partial charge in [0.2, 0.25) is 0 Å². The standard InChI is InChI=1S/C14H18N2O/c1-17-10-5-6-13-12(8-10)11-4-2-3-9(15)7-14(11)16-13/h5-6,8-9,16H,2-4,7,15H2,1H3. The van der Waals surface area contributed by atoms with Crippen LogP contribution in [0.15, 0.2) is 18.2 Å². The van der Waals surface area contributed by atoms with E-state index in [0.29, 0.717) is 6.04 Å². The van der Waals surface area contributed by atoms with E-state index in [2.05, 4.69) is 17.1 Å². The van der Waals surface area contributed by atoms with Crippen LogP contribution < -0.4 is 10.5 Å². The van der Waals surface area contributed by atoms with E-state index in [-0.39, 0.29) is 0 Å². The Balaban J connectivity index is 2.15. The second-order valence-electron chi connectivity index (χ2n) is 4.85. The molecule has 0 aliphatic heterocycles. The van der Waals surface area contributed by atoms with Crippen LogP contribution >= 0.6 is 0 Å². The van der Waals surface area contributed by atoms with Crippen molar-refractivity contribution < 1.29 is 4.74 Å². The fourth-order valence-electron chi connectivity index (χ4n) is 2.77. The van der Waals surface area contributed by atoms with E-state index in [1.165, 1.54) is 28.6 Å². The third-order valence-electron chi connectivity index (χ3n) is 3.67. The maximum absolute atomic E-state index is 6.08. The zero-order valence-corrected chi connectivity index (χ0v) is 10.1. The summed E-state index contributed by atoms with van der Waals surface area (Å²) in [5, 5.41) is 1.30. The lowest BCUT2D eigenvalue weighted by Crippen LogP contribution is -2.21. The monoisotopic (exact) mass is 230 g/mol. The number of fused-ring (bicyclic) bond motifs is 3. The third-order valence-corrected chi connectivity index (χ3v) is 3.67. The lowest BCUT2D eigenvalue weighted by molar-refractivity contribution is 0.415. The molecule has 17 heavy (non-hydrogen) atoms. The Morgan fingerprint density at radius 2 is 2.29 bits per heavy atom. The van der Waals surface area contributed by atoms with Crippen molar-refractivity contribution in [3.05, 3.63) is 29.5 Å². The number of aryl methyl sites for hydroxylation is 1. The van der Waals surface area contributed by atoms with Gasteiger partial charge >= 0.3 is 0 Å². The number of hydrogen-bond acceptors (Lipinski definition) is 2. The van der Waals surface area contributed by atoms with E-state index >= 15 is 0 Å². The van der Waals surface area contributed by atoms with Gasteiger partial charge in [-0.05, 0) is 43.0 Å². The van der Waals surface area contributed by atoms with Crippen molar-refractivity contribution in [3.63, 3.8) is 0 Å². The highest BCUT2D eigenvalue weighted by molar-refractivity contribution is 5.86. The highest BCUT2D eigenvalue weighted by Crippen LogP contribution is 2.30. The Morgan fingerprint density at radius 1 is 1.41 bits per heavy atom. The van der Waals surface area contributed by atoms with E-state index in [4.69, 9.17) is 10.5 Å². The number of H-pyrrole nitrogens is 1. The molecule has 1 aliphatic carbocycles. The van der Waals surface area contributed by atoms with Gasteiger partial charge in [-0.3, -0.25) is 0 Å². The van der Waals surface area contributed by atoms with Crippen LogP contribution in [0.25, 0.3) is 10.9 Å². The Bertz CT molecular complexity index is 544. The van der Waals surface area contributed by atoms with Gasteiger partial charge < -0.3 is 15.5 Å². The number of ether oxygens (including phenoxy) is 1. The van der Waals surface area contributed by atoms with Crippen LogP contribution in [0, 0.1) is 0 Å². The molecule has 3 N–H and O–H groups in total. The predicted octanol–water partition coefficient (Wildman–Crippen LogP) is 2.38. The number of nitrogens with one attached hydrogen (secondary N) is 1. The van der Waals surface area contributed by atoms with Crippen LogP contribution in [-0.4, -0.2) is 18.1 Å². The Hall–Kier alpha value is -1.48. The molecule has 0 radical (unpaired) electrons. The molecular formula is C14H18N2O. The van der Waals surface area contributed by atoms with Crippen LogP contribution in [0.3, 0.4) is 0 Å². The third kappa shape index (κ3) is 1.80. The summed E-state index contributed by atoms with van der Waals surface area (Å²) in [5.74, 6) is 0.924. The SMILES string of the molecule is COc1ccc2[nH]c3c(c2c1)CCCC(N)C3. The molecule has 1 aliphatic rings. The second kappa shape index (κ2) is 4.08. The minimum absolute atomic E-state index is 0.297. The lowest BCUT2D eigenvalue weighted by Gasteiger charge is -2.05. The number of aromatic nitrogens is 1. The van der Waals surface area contributed by atoms with Crippen molar-refractivity contribution >= 4 is 10.9 Å². The van der Waals surface area contributed by atoms with Crippen molar-refractivity contribution in [1.82, 2.24) is 4.98 Å². The molecule has 0 saturated carbocycles. The van der Waals surface area contributed by atoms with Gasteiger partial charge in [0.05, 0.1) is 7.11 Å². The van der Waals surface area contributed by atoms with Gasteiger partial charge in [-0.25, -0.2) is 0 Å². The van der Waals surface area contributed by atoms with Crippen LogP contribution in [-0.2, 0) is 12.8 Å². The number of aromatic amines is 1. The number of methoxy groups -OCH3 is 1. The average Bonchev–Trinajstić information content (AvgIpc) is 2.55. The summed E-state index contributed by atoms with van der Waals surface area (Å²) in [6, 6.07) is 6.51. The fraction of sp³-hybridized carbons (Fsp3) is 0.429. The van der Waals surface area contributed by atoms with Crippen molar-refractivity contribution in [3.8, 4) is 5.75 Å². The van der Waals surface area contributed by atoms with Crippen LogP contribution in [0.4, 0.5) is 0 Å². The highest BCUT2D eigenvalue weighted by atomic mass is 16.5. The number of rotatable bonds is 1. The molecule has 1 aromatic carbocycles. The summed E-state index contributed by atoms with van der Waals surface area (Å²) in [5.41, 5.74) is 10.0. The van der Waals surface area contributed by atoms with Crippen molar-refractivity contribution in [2.45, 2.75) is 31.7 Å². The molecule has 1 atom stereocenters. The first-order valence-corrected chi connectivity index (χ1v) is 6.21. The van der Waals surface area contributed by atoms with Gasteiger partial charge in [-0.1, -0.05) is 0 Å². The molecule has 0 bridgehead atoms. The molecule has 0 saturated heterocycles. The largest absolute Gasteiger partial charge is 0.497 e. The van der Waals surface area contributed by atoms with E-state index in [1.807, 2.05) is 6.07 Å². The second-order valence-corrected chi connectivity index (χ2v) is 4.85. The minimum atomic E-state index is 0.297. The van der Waals surface area contributed by atoms with Gasteiger partial charge in [-0.15, -0.1) is 0 Å². The van der Waals surface area contributed by atoms with E-state index in [9.17, 15) is 0 Å². The van der Waals surface area contributed by atoms with Gasteiger partial charge in [0.1, 0.15) is 5.75 Å². The van der Waals surface area contributed by atoms with Crippen molar-refractivity contribution in [2.75, 3.05) is 7.11 Å². The first-order valence-electron chi connectivity index (χ1n) is 6.21. The van der Waals surface area contributed by atoms with Gasteiger partial charge in [0, 0.05) is 29.1 Å².